The molecule has 0 amide bonds. The van der Waals surface area contributed by atoms with Crippen LogP contribution in [-0.4, -0.2) is 9.97 Å². The lowest BCUT2D eigenvalue weighted by Crippen LogP contribution is -2.12. The molecule has 0 bridgehead atoms. The summed E-state index contributed by atoms with van der Waals surface area (Å²) in [7, 11) is 0. The summed E-state index contributed by atoms with van der Waals surface area (Å²) in [5.41, 5.74) is 3.06. The lowest BCUT2D eigenvalue weighted by Gasteiger charge is -2.09. The van der Waals surface area contributed by atoms with Gasteiger partial charge in [0, 0.05) is 16.2 Å². The molecule has 0 spiro atoms. The van der Waals surface area contributed by atoms with Crippen LogP contribution in [0.2, 0.25) is 0 Å². The summed E-state index contributed by atoms with van der Waals surface area (Å²) in [6.45, 7) is 1.65. The van der Waals surface area contributed by atoms with Crippen LogP contribution in [0.1, 0.15) is 11.5 Å². The predicted octanol–water partition coefficient (Wildman–Crippen LogP) is 2.69. The number of ether oxygens (including phenoxy) is 1. The van der Waals surface area contributed by atoms with Crippen molar-refractivity contribution in [3.63, 3.8) is 0 Å². The Hall–Kier alpha value is -1.80. The van der Waals surface area contributed by atoms with E-state index in [0.29, 0.717) is 21.8 Å². The number of benzene rings is 1. The molecule has 0 aliphatic heterocycles. The maximum atomic E-state index is 13.5. The van der Waals surface area contributed by atoms with Gasteiger partial charge in [0.2, 0.25) is 5.82 Å². The number of aromatic nitrogens is 2. The summed E-state index contributed by atoms with van der Waals surface area (Å²) < 4.78 is 32.3. The first-order chi connectivity index (χ1) is 9.49. The average Bonchev–Trinajstić information content (AvgIpc) is 2.40. The fourth-order valence-corrected chi connectivity index (χ4v) is 1.96. The summed E-state index contributed by atoms with van der Waals surface area (Å²) in [5, 5.41) is 0. The number of nitrogens with two attached hydrogens (primary N) is 1. The van der Waals surface area contributed by atoms with Gasteiger partial charge in [-0.1, -0.05) is 15.9 Å². The molecule has 0 atom stereocenters. The lowest BCUT2D eigenvalue weighted by molar-refractivity contribution is 0.275. The number of hydrogen-bond acceptors (Lipinski definition) is 5. The zero-order valence-corrected chi connectivity index (χ0v) is 12.0. The lowest BCUT2D eigenvalue weighted by atomic mass is 10.3. The van der Waals surface area contributed by atoms with Crippen LogP contribution in [0.4, 0.5) is 14.6 Å². The average molecular weight is 345 g/mol. The van der Waals surface area contributed by atoms with Gasteiger partial charge in [0.05, 0.1) is 0 Å². The Balaban J connectivity index is 2.19. The highest BCUT2D eigenvalue weighted by Crippen LogP contribution is 2.25. The quantitative estimate of drug-likeness (QED) is 0.506. The summed E-state index contributed by atoms with van der Waals surface area (Å²) >= 11 is 3.06. The van der Waals surface area contributed by atoms with E-state index in [9.17, 15) is 8.78 Å². The molecule has 0 saturated carbocycles. The van der Waals surface area contributed by atoms with Crippen molar-refractivity contribution in [2.24, 2.45) is 5.84 Å². The van der Waals surface area contributed by atoms with Gasteiger partial charge >= 0.3 is 0 Å². The molecule has 0 fully saturated rings. The number of hydrogen-bond donors (Lipinski definition) is 2. The zero-order chi connectivity index (χ0) is 14.7. The van der Waals surface area contributed by atoms with Crippen LogP contribution in [0, 0.1) is 18.6 Å². The number of rotatable bonds is 4. The van der Waals surface area contributed by atoms with E-state index >= 15 is 0 Å². The van der Waals surface area contributed by atoms with Crippen molar-refractivity contribution in [3.8, 4) is 5.75 Å². The highest BCUT2D eigenvalue weighted by Gasteiger charge is 2.12. The molecule has 0 aliphatic rings. The highest BCUT2D eigenvalue weighted by atomic mass is 79.9. The molecule has 20 heavy (non-hydrogen) atoms. The Morgan fingerprint density at radius 3 is 2.75 bits per heavy atom. The van der Waals surface area contributed by atoms with Crippen molar-refractivity contribution >= 4 is 21.7 Å². The minimum atomic E-state index is -1.06. The van der Waals surface area contributed by atoms with Crippen molar-refractivity contribution in [2.45, 2.75) is 13.5 Å². The van der Waals surface area contributed by atoms with Crippen molar-refractivity contribution in [1.29, 1.82) is 0 Å². The maximum Gasteiger partial charge on any atom is 0.200 e. The van der Waals surface area contributed by atoms with Gasteiger partial charge in [0.1, 0.15) is 12.4 Å². The second-order valence-corrected chi connectivity index (χ2v) is 4.86. The third-order valence-electron chi connectivity index (χ3n) is 2.36. The smallest absolute Gasteiger partial charge is 0.200 e. The number of anilines is 1. The van der Waals surface area contributed by atoms with E-state index in [1.165, 1.54) is 6.07 Å². The van der Waals surface area contributed by atoms with Gasteiger partial charge in [0.15, 0.2) is 17.4 Å². The topological polar surface area (TPSA) is 73.1 Å². The maximum absolute atomic E-state index is 13.5. The first kappa shape index (κ1) is 14.6. The van der Waals surface area contributed by atoms with Crippen LogP contribution in [0.15, 0.2) is 22.7 Å². The molecule has 0 radical (unpaired) electrons. The number of nitrogens with one attached hydrogen (secondary N) is 1. The van der Waals surface area contributed by atoms with Gasteiger partial charge in [-0.2, -0.15) is 4.39 Å². The molecule has 8 heteroatoms. The summed E-state index contributed by atoms with van der Waals surface area (Å²) in [5.74, 6) is 3.71. The predicted molar refractivity (Wildman–Crippen MR) is 73.0 cm³/mol. The van der Waals surface area contributed by atoms with Gasteiger partial charge in [-0.3, -0.25) is 0 Å². The standard InChI is InChI=1S/C12H11BrF2N4O/c1-6-2-10(19-16)18-11(17-6)5-20-9-4-7(13)3-8(14)12(9)15/h2-4H,5,16H2,1H3,(H,17,18,19). The molecule has 106 valence electrons. The Morgan fingerprint density at radius 1 is 1.30 bits per heavy atom. The van der Waals surface area contributed by atoms with Crippen LogP contribution < -0.4 is 16.0 Å². The van der Waals surface area contributed by atoms with Crippen molar-refractivity contribution < 1.29 is 13.5 Å². The Morgan fingerprint density at radius 2 is 2.05 bits per heavy atom. The summed E-state index contributed by atoms with van der Waals surface area (Å²) in [6, 6.07) is 3.99. The molecule has 1 heterocycles. The molecular formula is C12H11BrF2N4O. The van der Waals surface area contributed by atoms with Crippen LogP contribution in [0.25, 0.3) is 0 Å². The Kier molecular flexibility index (Phi) is 4.46. The monoisotopic (exact) mass is 344 g/mol. The molecule has 2 rings (SSSR count). The van der Waals surface area contributed by atoms with Gasteiger partial charge < -0.3 is 10.2 Å². The number of nitrogen functional groups attached to an aromatic ring is 1. The fourth-order valence-electron chi connectivity index (χ4n) is 1.55. The molecular weight excluding hydrogens is 334 g/mol. The van der Waals surface area contributed by atoms with Gasteiger partial charge in [-0.15, -0.1) is 0 Å². The minimum absolute atomic E-state index is 0.108. The summed E-state index contributed by atoms with van der Waals surface area (Å²) in [6.07, 6.45) is 0. The van der Waals surface area contributed by atoms with Crippen molar-refractivity contribution in [1.82, 2.24) is 9.97 Å². The van der Waals surface area contributed by atoms with E-state index in [1.807, 2.05) is 0 Å². The van der Waals surface area contributed by atoms with E-state index in [0.717, 1.165) is 6.07 Å². The van der Waals surface area contributed by atoms with Gasteiger partial charge in [0.25, 0.3) is 0 Å². The van der Waals surface area contributed by atoms with E-state index in [4.69, 9.17) is 10.6 Å². The normalized spacial score (nSPS) is 10.4. The minimum Gasteiger partial charge on any atom is -0.482 e. The van der Waals surface area contributed by atoms with E-state index < -0.39 is 11.6 Å². The van der Waals surface area contributed by atoms with Crippen LogP contribution in [-0.2, 0) is 6.61 Å². The fraction of sp³-hybridized carbons (Fsp3) is 0.167. The molecule has 2 aromatic rings. The molecule has 0 saturated heterocycles. The SMILES string of the molecule is Cc1cc(NN)nc(COc2cc(Br)cc(F)c2F)n1. The van der Waals surface area contributed by atoms with Crippen LogP contribution in [0.5, 0.6) is 5.75 Å². The van der Waals surface area contributed by atoms with Crippen molar-refractivity contribution in [3.05, 3.63) is 45.8 Å². The Bertz CT molecular complexity index is 639. The molecule has 1 aromatic heterocycles. The first-order valence-corrected chi connectivity index (χ1v) is 6.37. The number of nitrogens with zero attached hydrogens (tertiary/aromatic N) is 2. The molecule has 0 aliphatic carbocycles. The second kappa shape index (κ2) is 6.10. The van der Waals surface area contributed by atoms with Crippen LogP contribution >= 0.6 is 15.9 Å². The zero-order valence-electron chi connectivity index (χ0n) is 10.5. The third-order valence-corrected chi connectivity index (χ3v) is 2.82. The Labute approximate surface area is 122 Å². The van der Waals surface area contributed by atoms with E-state index in [2.05, 4.69) is 31.3 Å². The number of aryl methyl sites for hydroxylation is 1. The van der Waals surface area contributed by atoms with Crippen molar-refractivity contribution in [2.75, 3.05) is 5.43 Å². The number of hydrazine groups is 1. The van der Waals surface area contributed by atoms with E-state index in [-0.39, 0.29) is 12.4 Å². The van der Waals surface area contributed by atoms with Gasteiger partial charge in [-0.25, -0.2) is 20.2 Å². The molecule has 3 N–H and O–H groups in total. The largest absolute Gasteiger partial charge is 0.482 e. The summed E-state index contributed by atoms with van der Waals surface area (Å²) in [4.78, 5) is 8.15. The molecule has 1 aromatic carbocycles. The van der Waals surface area contributed by atoms with E-state index in [1.54, 1.807) is 13.0 Å². The molecule has 0 unspecified atom stereocenters. The van der Waals surface area contributed by atoms with Crippen LogP contribution in [0.3, 0.4) is 0 Å². The molecule has 5 nitrogen and oxygen atoms in total. The second-order valence-electron chi connectivity index (χ2n) is 3.94. The van der Waals surface area contributed by atoms with Gasteiger partial charge in [-0.05, 0) is 19.1 Å². The highest BCUT2D eigenvalue weighted by molar-refractivity contribution is 9.10. The first-order valence-electron chi connectivity index (χ1n) is 5.58. The third kappa shape index (κ3) is 3.40. The number of halogens is 3.